The lowest BCUT2D eigenvalue weighted by Crippen LogP contribution is -2.38. The van der Waals surface area contributed by atoms with Crippen LogP contribution < -0.4 is 15.5 Å². The first-order valence-electron chi connectivity index (χ1n) is 9.67. The molecule has 0 aliphatic heterocycles. The number of halogens is 1. The predicted molar refractivity (Wildman–Crippen MR) is 130 cm³/mol. The molecule has 2 aromatic carbocycles. The summed E-state index contributed by atoms with van der Waals surface area (Å²) >= 11 is 10.3. The van der Waals surface area contributed by atoms with Crippen molar-refractivity contribution in [1.29, 1.82) is 0 Å². The van der Waals surface area contributed by atoms with E-state index in [0.29, 0.717) is 34.0 Å². The standard InChI is InChI=1S/C21H22BrN5O2S2/c1-3-18-24-25-21(31-13-14-8-6-5-7-9-14)27(18)26-20(30)23-19(28)15-10-11-17(29-4-2)16(22)12-15/h5-12H,3-4,13H2,1-2H3,(H2,23,26,28,30). The first-order chi connectivity index (χ1) is 15.0. The van der Waals surface area contributed by atoms with Crippen molar-refractivity contribution in [3.05, 3.63) is 70.0 Å². The van der Waals surface area contributed by atoms with Crippen molar-refractivity contribution in [3.8, 4) is 5.75 Å². The molecule has 0 bridgehead atoms. The molecular formula is C21H22BrN5O2S2. The largest absolute Gasteiger partial charge is 0.493 e. The van der Waals surface area contributed by atoms with Crippen molar-refractivity contribution in [2.24, 2.45) is 0 Å². The molecule has 162 valence electrons. The maximum Gasteiger partial charge on any atom is 0.257 e. The molecule has 0 spiro atoms. The average Bonchev–Trinajstić information content (AvgIpc) is 3.15. The summed E-state index contributed by atoms with van der Waals surface area (Å²) in [6, 6.07) is 15.2. The molecule has 3 aromatic rings. The second-order valence-electron chi connectivity index (χ2n) is 6.34. The molecule has 0 fully saturated rings. The minimum atomic E-state index is -0.328. The summed E-state index contributed by atoms with van der Waals surface area (Å²) in [5, 5.41) is 12.0. The van der Waals surface area contributed by atoms with Gasteiger partial charge in [0.1, 0.15) is 5.75 Å². The number of rotatable bonds is 8. The summed E-state index contributed by atoms with van der Waals surface area (Å²) in [4.78, 5) is 12.6. The van der Waals surface area contributed by atoms with Gasteiger partial charge in [0.15, 0.2) is 10.9 Å². The quantitative estimate of drug-likeness (QED) is 0.333. The van der Waals surface area contributed by atoms with Crippen LogP contribution in [0.1, 0.15) is 35.6 Å². The van der Waals surface area contributed by atoms with Crippen molar-refractivity contribution in [2.45, 2.75) is 31.2 Å². The molecule has 2 N–H and O–H groups in total. The van der Waals surface area contributed by atoms with Crippen LogP contribution in [0.3, 0.4) is 0 Å². The van der Waals surface area contributed by atoms with E-state index in [1.165, 1.54) is 17.3 Å². The molecule has 1 amide bonds. The van der Waals surface area contributed by atoms with Crippen LogP contribution in [-0.4, -0.2) is 32.5 Å². The molecule has 0 aliphatic rings. The number of benzene rings is 2. The Bertz CT molecular complexity index is 1060. The van der Waals surface area contributed by atoms with Crippen LogP contribution in [-0.2, 0) is 12.2 Å². The molecule has 1 heterocycles. The van der Waals surface area contributed by atoms with Crippen LogP contribution >= 0.6 is 39.9 Å². The normalized spacial score (nSPS) is 10.5. The third-order valence-corrected chi connectivity index (χ3v) is 5.97. The maximum absolute atomic E-state index is 12.6. The minimum Gasteiger partial charge on any atom is -0.493 e. The van der Waals surface area contributed by atoms with Gasteiger partial charge in [-0.2, -0.15) is 0 Å². The second-order valence-corrected chi connectivity index (χ2v) is 8.54. The molecule has 1 aromatic heterocycles. The number of nitrogens with zero attached hydrogens (tertiary/aromatic N) is 3. The smallest absolute Gasteiger partial charge is 0.257 e. The van der Waals surface area contributed by atoms with E-state index in [9.17, 15) is 4.79 Å². The van der Waals surface area contributed by atoms with E-state index in [-0.39, 0.29) is 11.0 Å². The Balaban J connectivity index is 1.66. The lowest BCUT2D eigenvalue weighted by Gasteiger charge is -2.14. The highest BCUT2D eigenvalue weighted by Gasteiger charge is 2.15. The van der Waals surface area contributed by atoms with Gasteiger partial charge in [0.05, 0.1) is 11.1 Å². The molecule has 10 heteroatoms. The monoisotopic (exact) mass is 519 g/mol. The number of aromatic nitrogens is 3. The van der Waals surface area contributed by atoms with Crippen molar-refractivity contribution < 1.29 is 9.53 Å². The van der Waals surface area contributed by atoms with Crippen LogP contribution in [0, 0.1) is 0 Å². The predicted octanol–water partition coefficient (Wildman–Crippen LogP) is 4.55. The Morgan fingerprint density at radius 1 is 1.19 bits per heavy atom. The highest BCUT2D eigenvalue weighted by molar-refractivity contribution is 9.10. The van der Waals surface area contributed by atoms with Crippen LogP contribution in [0.4, 0.5) is 0 Å². The van der Waals surface area contributed by atoms with Crippen LogP contribution in [0.25, 0.3) is 0 Å². The van der Waals surface area contributed by atoms with Crippen molar-refractivity contribution in [1.82, 2.24) is 20.2 Å². The zero-order chi connectivity index (χ0) is 22.2. The Morgan fingerprint density at radius 3 is 2.65 bits per heavy atom. The molecule has 0 saturated heterocycles. The van der Waals surface area contributed by atoms with Crippen molar-refractivity contribution >= 4 is 50.9 Å². The topological polar surface area (TPSA) is 81.1 Å². The second kappa shape index (κ2) is 11.3. The molecular weight excluding hydrogens is 498 g/mol. The Labute approximate surface area is 199 Å². The van der Waals surface area contributed by atoms with E-state index in [1.54, 1.807) is 22.9 Å². The number of amides is 1. The SMILES string of the molecule is CCOc1ccc(C(=O)NC(=S)Nn2c(CC)nnc2SCc2ccccc2)cc1Br. The number of ether oxygens (including phenoxy) is 1. The summed E-state index contributed by atoms with van der Waals surface area (Å²) in [6.45, 7) is 4.42. The number of aryl methyl sites for hydroxylation is 1. The first-order valence-corrected chi connectivity index (χ1v) is 11.9. The van der Waals surface area contributed by atoms with E-state index in [4.69, 9.17) is 17.0 Å². The third kappa shape index (κ3) is 6.28. The lowest BCUT2D eigenvalue weighted by atomic mass is 10.2. The van der Waals surface area contributed by atoms with Gasteiger partial charge in [0.25, 0.3) is 5.91 Å². The fourth-order valence-electron chi connectivity index (χ4n) is 2.68. The van der Waals surface area contributed by atoms with Gasteiger partial charge >= 0.3 is 0 Å². The zero-order valence-electron chi connectivity index (χ0n) is 17.1. The highest BCUT2D eigenvalue weighted by atomic mass is 79.9. The lowest BCUT2D eigenvalue weighted by molar-refractivity contribution is 0.0977. The summed E-state index contributed by atoms with van der Waals surface area (Å²) in [6.07, 6.45) is 0.661. The van der Waals surface area contributed by atoms with Gasteiger partial charge in [0.2, 0.25) is 5.16 Å². The average molecular weight is 520 g/mol. The number of hydrogen-bond donors (Lipinski definition) is 2. The maximum atomic E-state index is 12.6. The number of thioether (sulfide) groups is 1. The van der Waals surface area contributed by atoms with Gasteiger partial charge in [-0.3, -0.25) is 15.5 Å². The molecule has 31 heavy (non-hydrogen) atoms. The molecule has 0 aliphatic carbocycles. The third-order valence-electron chi connectivity index (χ3n) is 4.16. The van der Waals surface area contributed by atoms with Gasteiger partial charge in [-0.05, 0) is 58.8 Å². The first kappa shape index (κ1) is 23.2. The molecule has 0 atom stereocenters. The number of hydrogen-bond acceptors (Lipinski definition) is 6. The van der Waals surface area contributed by atoms with E-state index in [2.05, 4.69) is 49.0 Å². The van der Waals surface area contributed by atoms with E-state index < -0.39 is 0 Å². The molecule has 0 saturated carbocycles. The van der Waals surface area contributed by atoms with Gasteiger partial charge in [-0.25, -0.2) is 4.68 Å². The number of carbonyl (C=O) groups is 1. The number of nitrogens with one attached hydrogen (secondary N) is 2. The van der Waals surface area contributed by atoms with Gasteiger partial charge in [-0.15, -0.1) is 10.2 Å². The van der Waals surface area contributed by atoms with Crippen molar-refractivity contribution in [2.75, 3.05) is 12.0 Å². The molecule has 3 rings (SSSR count). The van der Waals surface area contributed by atoms with E-state index in [1.807, 2.05) is 32.0 Å². The molecule has 7 nitrogen and oxygen atoms in total. The molecule has 0 unspecified atom stereocenters. The Hall–Kier alpha value is -2.43. The zero-order valence-corrected chi connectivity index (χ0v) is 20.3. The summed E-state index contributed by atoms with van der Waals surface area (Å²) in [5.74, 6) is 1.81. The minimum absolute atomic E-state index is 0.158. The van der Waals surface area contributed by atoms with Crippen molar-refractivity contribution in [3.63, 3.8) is 0 Å². The number of carbonyl (C=O) groups excluding carboxylic acids is 1. The summed E-state index contributed by atoms with van der Waals surface area (Å²) < 4.78 is 7.89. The van der Waals surface area contributed by atoms with Crippen LogP contribution in [0.5, 0.6) is 5.75 Å². The Morgan fingerprint density at radius 2 is 1.97 bits per heavy atom. The Kier molecular flexibility index (Phi) is 8.44. The van der Waals surface area contributed by atoms with Gasteiger partial charge < -0.3 is 4.74 Å². The van der Waals surface area contributed by atoms with Crippen LogP contribution in [0.2, 0.25) is 0 Å². The fourth-order valence-corrected chi connectivity index (χ4v) is 4.22. The number of thiocarbonyl (C=S) groups is 1. The summed E-state index contributed by atoms with van der Waals surface area (Å²) in [5.41, 5.74) is 4.66. The van der Waals surface area contributed by atoms with E-state index >= 15 is 0 Å². The van der Waals surface area contributed by atoms with Gasteiger partial charge in [-0.1, -0.05) is 49.0 Å². The van der Waals surface area contributed by atoms with Gasteiger partial charge in [0, 0.05) is 17.7 Å². The fraction of sp³-hybridized carbons (Fsp3) is 0.238. The highest BCUT2D eigenvalue weighted by Crippen LogP contribution is 2.26. The summed E-state index contributed by atoms with van der Waals surface area (Å²) in [7, 11) is 0. The molecule has 0 radical (unpaired) electrons. The van der Waals surface area contributed by atoms with Crippen LogP contribution in [0.15, 0.2) is 58.2 Å². The van der Waals surface area contributed by atoms with E-state index in [0.717, 1.165) is 11.6 Å².